The van der Waals surface area contributed by atoms with Gasteiger partial charge in [0.2, 0.25) is 0 Å². The summed E-state index contributed by atoms with van der Waals surface area (Å²) in [4.78, 5) is 15.0. The molecule has 1 amide bonds. The molecule has 2 aromatic rings. The molecular weight excluding hydrogens is 376 g/mol. The van der Waals surface area contributed by atoms with Crippen LogP contribution >= 0.6 is 11.6 Å². The lowest BCUT2D eigenvalue weighted by Crippen LogP contribution is -2.42. The third-order valence-electron chi connectivity index (χ3n) is 5.04. The van der Waals surface area contributed by atoms with Crippen LogP contribution in [-0.4, -0.2) is 43.7 Å². The van der Waals surface area contributed by atoms with Gasteiger partial charge >= 0.3 is 0 Å². The molecule has 1 aliphatic rings. The molecule has 0 spiro atoms. The number of para-hydroxylation sites is 1. The van der Waals surface area contributed by atoms with Crippen molar-refractivity contribution in [3.05, 3.63) is 59.1 Å². The number of carbonyl (C=O) groups is 1. The fourth-order valence-corrected chi connectivity index (χ4v) is 3.67. The Morgan fingerprint density at radius 1 is 1.14 bits per heavy atom. The molecule has 1 saturated heterocycles. The molecule has 0 saturated carbocycles. The molecular formula is C22H27ClN2O3. The third kappa shape index (κ3) is 5.18. The van der Waals surface area contributed by atoms with Gasteiger partial charge in [0.15, 0.2) is 6.10 Å². The minimum Gasteiger partial charge on any atom is -0.496 e. The lowest BCUT2D eigenvalue weighted by molar-refractivity contribution is -0.127. The molecule has 150 valence electrons. The van der Waals surface area contributed by atoms with Gasteiger partial charge < -0.3 is 14.8 Å². The van der Waals surface area contributed by atoms with Crippen molar-refractivity contribution >= 4 is 17.5 Å². The molecule has 0 radical (unpaired) electrons. The molecule has 1 fully saturated rings. The Morgan fingerprint density at radius 2 is 1.82 bits per heavy atom. The minimum absolute atomic E-state index is 0.0744. The monoisotopic (exact) mass is 402 g/mol. The van der Waals surface area contributed by atoms with Gasteiger partial charge in [0.05, 0.1) is 13.2 Å². The van der Waals surface area contributed by atoms with Crippen LogP contribution in [-0.2, 0) is 4.79 Å². The summed E-state index contributed by atoms with van der Waals surface area (Å²) in [6, 6.07) is 15.1. The third-order valence-corrected chi connectivity index (χ3v) is 5.30. The summed E-state index contributed by atoms with van der Waals surface area (Å²) in [5.41, 5.74) is 1.10. The van der Waals surface area contributed by atoms with Crippen LogP contribution < -0.4 is 14.8 Å². The summed E-state index contributed by atoms with van der Waals surface area (Å²) in [7, 11) is 1.68. The average molecular weight is 403 g/mol. The molecule has 0 aromatic heterocycles. The first-order valence-corrected chi connectivity index (χ1v) is 10.0. The molecule has 2 atom stereocenters. The van der Waals surface area contributed by atoms with E-state index < -0.39 is 6.10 Å². The highest BCUT2D eigenvalue weighted by molar-refractivity contribution is 6.30. The second-order valence-corrected chi connectivity index (χ2v) is 7.40. The van der Waals surface area contributed by atoms with Crippen molar-refractivity contribution in [2.45, 2.75) is 31.9 Å². The number of ether oxygens (including phenoxy) is 2. The Morgan fingerprint density at radius 3 is 2.50 bits per heavy atom. The molecule has 0 aliphatic carbocycles. The normalized spacial score (nSPS) is 16.4. The van der Waals surface area contributed by atoms with E-state index in [9.17, 15) is 4.79 Å². The van der Waals surface area contributed by atoms with Crippen molar-refractivity contribution in [3.63, 3.8) is 0 Å². The molecule has 3 rings (SSSR count). The van der Waals surface area contributed by atoms with E-state index >= 15 is 0 Å². The summed E-state index contributed by atoms with van der Waals surface area (Å²) < 4.78 is 11.3. The Labute approximate surface area is 171 Å². The van der Waals surface area contributed by atoms with Gasteiger partial charge in [-0.2, -0.15) is 0 Å². The summed E-state index contributed by atoms with van der Waals surface area (Å²) >= 11 is 5.89. The maximum absolute atomic E-state index is 12.6. The molecule has 28 heavy (non-hydrogen) atoms. The van der Waals surface area contributed by atoms with E-state index in [1.165, 1.54) is 12.8 Å². The van der Waals surface area contributed by atoms with Gasteiger partial charge in [-0.1, -0.05) is 29.8 Å². The van der Waals surface area contributed by atoms with Crippen LogP contribution in [0.2, 0.25) is 5.02 Å². The largest absolute Gasteiger partial charge is 0.496 e. The number of likely N-dealkylation sites (tertiary alicyclic amines) is 1. The number of halogens is 1. The van der Waals surface area contributed by atoms with Crippen molar-refractivity contribution in [2.75, 3.05) is 26.7 Å². The second-order valence-electron chi connectivity index (χ2n) is 6.96. The lowest BCUT2D eigenvalue weighted by atomic mass is 10.0. The predicted octanol–water partition coefficient (Wildman–Crippen LogP) is 4.07. The van der Waals surface area contributed by atoms with Crippen LogP contribution in [0.1, 0.15) is 31.4 Å². The van der Waals surface area contributed by atoms with Crippen LogP contribution in [0.5, 0.6) is 11.5 Å². The van der Waals surface area contributed by atoms with E-state index in [0.717, 1.165) is 24.4 Å². The number of rotatable bonds is 8. The van der Waals surface area contributed by atoms with Crippen LogP contribution in [0, 0.1) is 0 Å². The first-order valence-electron chi connectivity index (χ1n) is 9.65. The quantitative estimate of drug-likeness (QED) is 0.723. The summed E-state index contributed by atoms with van der Waals surface area (Å²) in [6.07, 6.45) is 1.75. The number of methoxy groups -OCH3 is 1. The Bertz CT molecular complexity index is 776. The Balaban J connectivity index is 1.65. The summed E-state index contributed by atoms with van der Waals surface area (Å²) in [6.45, 7) is 4.30. The van der Waals surface area contributed by atoms with E-state index in [2.05, 4.69) is 16.3 Å². The van der Waals surface area contributed by atoms with E-state index in [1.54, 1.807) is 38.3 Å². The van der Waals surface area contributed by atoms with Crippen molar-refractivity contribution in [2.24, 2.45) is 0 Å². The number of amides is 1. The maximum atomic E-state index is 12.6. The fourth-order valence-electron chi connectivity index (χ4n) is 3.54. The van der Waals surface area contributed by atoms with E-state index in [4.69, 9.17) is 21.1 Å². The number of carbonyl (C=O) groups excluding carboxylic acids is 1. The van der Waals surface area contributed by atoms with E-state index in [0.29, 0.717) is 17.3 Å². The van der Waals surface area contributed by atoms with Crippen molar-refractivity contribution < 1.29 is 14.3 Å². The molecule has 1 aliphatic heterocycles. The van der Waals surface area contributed by atoms with Gasteiger partial charge in [0.1, 0.15) is 11.5 Å². The first-order chi connectivity index (χ1) is 13.6. The molecule has 1 heterocycles. The van der Waals surface area contributed by atoms with Gasteiger partial charge in [-0.15, -0.1) is 0 Å². The number of benzene rings is 2. The smallest absolute Gasteiger partial charge is 0.260 e. The fraction of sp³-hybridized carbons (Fsp3) is 0.409. The van der Waals surface area contributed by atoms with E-state index in [-0.39, 0.29) is 11.9 Å². The second kappa shape index (κ2) is 9.80. The van der Waals surface area contributed by atoms with Crippen molar-refractivity contribution in [3.8, 4) is 11.5 Å². The molecule has 0 bridgehead atoms. The van der Waals surface area contributed by atoms with E-state index in [1.807, 2.05) is 18.2 Å². The van der Waals surface area contributed by atoms with Gasteiger partial charge in [-0.3, -0.25) is 9.69 Å². The topological polar surface area (TPSA) is 50.8 Å². The lowest BCUT2D eigenvalue weighted by Gasteiger charge is -2.29. The molecule has 2 aromatic carbocycles. The van der Waals surface area contributed by atoms with Crippen molar-refractivity contribution in [1.82, 2.24) is 10.2 Å². The zero-order chi connectivity index (χ0) is 19.9. The zero-order valence-corrected chi connectivity index (χ0v) is 17.1. The number of nitrogens with zero attached hydrogens (tertiary/aromatic N) is 1. The van der Waals surface area contributed by atoms with Crippen molar-refractivity contribution in [1.29, 1.82) is 0 Å². The first kappa shape index (κ1) is 20.5. The van der Waals surface area contributed by atoms with Gasteiger partial charge in [-0.25, -0.2) is 0 Å². The van der Waals surface area contributed by atoms with Crippen LogP contribution in [0.3, 0.4) is 0 Å². The number of hydrogen-bond donors (Lipinski definition) is 1. The Hall–Kier alpha value is -2.24. The molecule has 1 N–H and O–H groups in total. The number of hydrogen-bond acceptors (Lipinski definition) is 4. The zero-order valence-electron chi connectivity index (χ0n) is 16.4. The minimum atomic E-state index is -0.599. The highest BCUT2D eigenvalue weighted by Gasteiger charge is 2.27. The summed E-state index contributed by atoms with van der Waals surface area (Å²) in [5.74, 6) is 1.32. The summed E-state index contributed by atoms with van der Waals surface area (Å²) in [5, 5.41) is 3.69. The van der Waals surface area contributed by atoms with Gasteiger partial charge in [0, 0.05) is 17.1 Å². The SMILES string of the molecule is COc1ccccc1C(CNC(=O)C(C)Oc1ccc(Cl)cc1)N1CCCC1. The van der Waals surface area contributed by atoms with Crippen LogP contribution in [0.15, 0.2) is 48.5 Å². The highest BCUT2D eigenvalue weighted by Crippen LogP contribution is 2.31. The standard InChI is InChI=1S/C22H27ClN2O3/c1-16(28-18-11-9-17(23)10-12-18)22(26)24-15-20(25-13-5-6-14-25)19-7-3-4-8-21(19)27-2/h3-4,7-12,16,20H,5-6,13-15H2,1-2H3,(H,24,26). The van der Waals surface area contributed by atoms with Crippen LogP contribution in [0.4, 0.5) is 0 Å². The molecule has 6 heteroatoms. The highest BCUT2D eigenvalue weighted by atomic mass is 35.5. The average Bonchev–Trinajstić information content (AvgIpc) is 3.24. The van der Waals surface area contributed by atoms with Gasteiger partial charge in [-0.05, 0) is 63.2 Å². The predicted molar refractivity (Wildman–Crippen MR) is 111 cm³/mol. The Kier molecular flexibility index (Phi) is 7.18. The van der Waals surface area contributed by atoms with Crippen LogP contribution in [0.25, 0.3) is 0 Å². The number of nitrogens with one attached hydrogen (secondary N) is 1. The molecule has 5 nitrogen and oxygen atoms in total. The van der Waals surface area contributed by atoms with Gasteiger partial charge in [0.25, 0.3) is 5.91 Å². The molecule has 2 unspecified atom stereocenters. The maximum Gasteiger partial charge on any atom is 0.260 e.